The number of imidazole rings is 1. The van der Waals surface area contributed by atoms with Gasteiger partial charge >= 0.3 is 0 Å². The van der Waals surface area contributed by atoms with Crippen molar-refractivity contribution < 1.29 is 8.42 Å². The average Bonchev–Trinajstić information content (AvgIpc) is 3.35. The molecule has 2 aliphatic heterocycles. The third-order valence-electron chi connectivity index (χ3n) is 5.32. The third-order valence-corrected chi connectivity index (χ3v) is 7.32. The van der Waals surface area contributed by atoms with Crippen LogP contribution in [0.25, 0.3) is 0 Å². The number of nitrogens with zero attached hydrogens (tertiary/aromatic N) is 5. The Balaban J connectivity index is 1.51. The van der Waals surface area contributed by atoms with Crippen molar-refractivity contribution in [3.63, 3.8) is 0 Å². The molecule has 2 aliphatic rings. The van der Waals surface area contributed by atoms with Gasteiger partial charge in [-0.1, -0.05) is 0 Å². The van der Waals surface area contributed by atoms with Crippen LogP contribution in [0.5, 0.6) is 0 Å². The van der Waals surface area contributed by atoms with Crippen LogP contribution in [-0.2, 0) is 16.8 Å². The predicted octanol–water partition coefficient (Wildman–Crippen LogP) is 1.85. The number of hydrogen-bond acceptors (Lipinski definition) is 4. The molecule has 0 bridgehead atoms. The van der Waals surface area contributed by atoms with Gasteiger partial charge in [0.2, 0.25) is 0 Å². The lowest BCUT2D eigenvalue weighted by atomic mass is 9.98. The van der Waals surface area contributed by atoms with E-state index in [1.54, 1.807) is 21.0 Å². The average molecular weight is 375 g/mol. The van der Waals surface area contributed by atoms with E-state index in [0.29, 0.717) is 26.2 Å². The van der Waals surface area contributed by atoms with E-state index in [1.165, 1.54) is 0 Å². The van der Waals surface area contributed by atoms with Gasteiger partial charge in [0, 0.05) is 63.4 Å². The van der Waals surface area contributed by atoms with Crippen molar-refractivity contribution in [1.82, 2.24) is 23.1 Å². The Kier molecular flexibility index (Phi) is 5.06. The molecule has 4 heterocycles. The molecule has 1 atom stereocenters. The largest absolute Gasteiger partial charge is 0.330 e. The normalized spacial score (nSPS) is 22.7. The maximum atomic E-state index is 12.9. The SMILES string of the molecule is O=S(=O)(N1CCCC1)N1CCC[C@@H](c2nccn2Cc2ccncc2)C1. The van der Waals surface area contributed by atoms with E-state index in [2.05, 4.69) is 14.5 Å². The summed E-state index contributed by atoms with van der Waals surface area (Å²) < 4.78 is 31.2. The summed E-state index contributed by atoms with van der Waals surface area (Å²) in [4.78, 5) is 8.62. The van der Waals surface area contributed by atoms with Gasteiger partial charge in [0.1, 0.15) is 5.82 Å². The van der Waals surface area contributed by atoms with Gasteiger partial charge < -0.3 is 4.57 Å². The molecule has 2 aromatic heterocycles. The molecule has 0 unspecified atom stereocenters. The summed E-state index contributed by atoms with van der Waals surface area (Å²) in [6.07, 6.45) is 11.1. The van der Waals surface area contributed by atoms with Gasteiger partial charge in [0.15, 0.2) is 0 Å². The molecule has 4 rings (SSSR count). The number of piperidine rings is 1. The standard InChI is InChI=1S/C18H25N5O2S/c24-26(25,22-10-1-2-11-22)23-12-3-4-17(15-23)18-20-9-13-21(18)14-16-5-7-19-8-6-16/h5-9,13,17H,1-4,10-12,14-15H2/t17-/m1/s1. The van der Waals surface area contributed by atoms with Crippen LogP contribution in [0.1, 0.15) is 43.0 Å². The monoisotopic (exact) mass is 375 g/mol. The van der Waals surface area contributed by atoms with Crippen molar-refractivity contribution in [2.24, 2.45) is 0 Å². The highest BCUT2D eigenvalue weighted by Gasteiger charge is 2.36. The zero-order chi connectivity index (χ0) is 18.0. The number of rotatable bonds is 5. The molecule has 2 saturated heterocycles. The van der Waals surface area contributed by atoms with Crippen molar-refractivity contribution in [2.75, 3.05) is 26.2 Å². The maximum Gasteiger partial charge on any atom is 0.281 e. The highest BCUT2D eigenvalue weighted by molar-refractivity contribution is 7.86. The zero-order valence-electron chi connectivity index (χ0n) is 14.9. The van der Waals surface area contributed by atoms with Gasteiger partial charge in [0.05, 0.1) is 0 Å². The summed E-state index contributed by atoms with van der Waals surface area (Å²) in [6, 6.07) is 3.99. The fourth-order valence-electron chi connectivity index (χ4n) is 3.94. The van der Waals surface area contributed by atoms with Gasteiger partial charge in [0.25, 0.3) is 10.2 Å². The molecule has 0 radical (unpaired) electrons. The Bertz CT molecular complexity index is 830. The lowest BCUT2D eigenvalue weighted by Crippen LogP contribution is -2.46. The molecule has 0 saturated carbocycles. The summed E-state index contributed by atoms with van der Waals surface area (Å²) in [5, 5.41) is 0. The summed E-state index contributed by atoms with van der Waals surface area (Å²) in [6.45, 7) is 3.17. The predicted molar refractivity (Wildman–Crippen MR) is 98.8 cm³/mol. The summed E-state index contributed by atoms with van der Waals surface area (Å²) in [7, 11) is -3.34. The summed E-state index contributed by atoms with van der Waals surface area (Å²) in [5.74, 6) is 1.11. The second-order valence-electron chi connectivity index (χ2n) is 7.08. The molecule has 140 valence electrons. The van der Waals surface area contributed by atoms with E-state index in [4.69, 9.17) is 0 Å². The first-order valence-electron chi connectivity index (χ1n) is 9.30. The molecule has 2 fully saturated rings. The first-order chi connectivity index (χ1) is 12.6. The van der Waals surface area contributed by atoms with Gasteiger partial charge in [-0.15, -0.1) is 0 Å². The molecular weight excluding hydrogens is 350 g/mol. The van der Waals surface area contributed by atoms with Crippen molar-refractivity contribution >= 4 is 10.2 Å². The molecule has 0 spiro atoms. The van der Waals surface area contributed by atoms with Crippen LogP contribution in [0.3, 0.4) is 0 Å². The van der Waals surface area contributed by atoms with Crippen molar-refractivity contribution in [1.29, 1.82) is 0 Å². The molecule has 0 aromatic carbocycles. The van der Waals surface area contributed by atoms with E-state index in [-0.39, 0.29) is 5.92 Å². The Labute approximate surface area is 154 Å². The van der Waals surface area contributed by atoms with E-state index in [9.17, 15) is 8.42 Å². The van der Waals surface area contributed by atoms with Crippen LogP contribution in [0.2, 0.25) is 0 Å². The number of aromatic nitrogens is 3. The first kappa shape index (κ1) is 17.6. The van der Waals surface area contributed by atoms with Crippen LogP contribution >= 0.6 is 0 Å². The second kappa shape index (κ2) is 7.46. The molecule has 0 aliphatic carbocycles. The fourth-order valence-corrected chi connectivity index (χ4v) is 5.72. The van der Waals surface area contributed by atoms with E-state index in [0.717, 1.165) is 43.6 Å². The van der Waals surface area contributed by atoms with Crippen LogP contribution < -0.4 is 0 Å². The molecule has 8 heteroatoms. The van der Waals surface area contributed by atoms with Gasteiger partial charge in [-0.3, -0.25) is 4.98 Å². The van der Waals surface area contributed by atoms with Crippen LogP contribution in [0.15, 0.2) is 36.9 Å². The van der Waals surface area contributed by atoms with Gasteiger partial charge in [-0.2, -0.15) is 17.0 Å². The quantitative estimate of drug-likeness (QED) is 0.800. The Hall–Kier alpha value is -1.77. The summed E-state index contributed by atoms with van der Waals surface area (Å²) >= 11 is 0. The smallest absolute Gasteiger partial charge is 0.281 e. The molecule has 0 amide bonds. The minimum absolute atomic E-state index is 0.137. The third kappa shape index (κ3) is 3.54. The van der Waals surface area contributed by atoms with Crippen molar-refractivity contribution in [3.05, 3.63) is 48.3 Å². The van der Waals surface area contributed by atoms with Crippen molar-refractivity contribution in [3.8, 4) is 0 Å². The molecule has 0 N–H and O–H groups in total. The Morgan fingerprint density at radius 2 is 1.73 bits per heavy atom. The zero-order valence-corrected chi connectivity index (χ0v) is 15.7. The molecule has 26 heavy (non-hydrogen) atoms. The Morgan fingerprint density at radius 3 is 2.50 bits per heavy atom. The minimum Gasteiger partial charge on any atom is -0.330 e. The molecule has 7 nitrogen and oxygen atoms in total. The van der Waals surface area contributed by atoms with Crippen molar-refractivity contribution in [2.45, 2.75) is 38.1 Å². The first-order valence-corrected chi connectivity index (χ1v) is 10.7. The Morgan fingerprint density at radius 1 is 1.00 bits per heavy atom. The lowest BCUT2D eigenvalue weighted by molar-refractivity contribution is 0.284. The van der Waals surface area contributed by atoms with Crippen LogP contribution in [0, 0.1) is 0 Å². The van der Waals surface area contributed by atoms with Crippen LogP contribution in [0.4, 0.5) is 0 Å². The topological polar surface area (TPSA) is 71.3 Å². The highest BCUT2D eigenvalue weighted by Crippen LogP contribution is 2.29. The van der Waals surface area contributed by atoms with E-state index in [1.807, 2.05) is 24.5 Å². The number of pyridine rings is 1. The van der Waals surface area contributed by atoms with E-state index < -0.39 is 10.2 Å². The molecular formula is C18H25N5O2S. The summed E-state index contributed by atoms with van der Waals surface area (Å²) in [5.41, 5.74) is 1.16. The fraction of sp³-hybridized carbons (Fsp3) is 0.556. The maximum absolute atomic E-state index is 12.9. The second-order valence-corrected chi connectivity index (χ2v) is 9.01. The van der Waals surface area contributed by atoms with Gasteiger partial charge in [-0.05, 0) is 43.4 Å². The van der Waals surface area contributed by atoms with E-state index >= 15 is 0 Å². The number of hydrogen-bond donors (Lipinski definition) is 0. The minimum atomic E-state index is -3.34. The highest BCUT2D eigenvalue weighted by atomic mass is 32.2. The molecule has 2 aromatic rings. The van der Waals surface area contributed by atoms with Crippen LogP contribution in [-0.4, -0.2) is 57.7 Å². The van der Waals surface area contributed by atoms with Gasteiger partial charge in [-0.25, -0.2) is 4.98 Å². The lowest BCUT2D eigenvalue weighted by Gasteiger charge is -2.34.